The van der Waals surface area contributed by atoms with Gasteiger partial charge in [-0.1, -0.05) is 0 Å². The lowest BCUT2D eigenvalue weighted by atomic mass is 10.5. The maximum atomic E-state index is 11.2. The van der Waals surface area contributed by atoms with E-state index in [0.717, 1.165) is 6.42 Å². The van der Waals surface area contributed by atoms with Crippen molar-refractivity contribution in [2.45, 2.75) is 6.42 Å². The Balaban J connectivity index is 2.12. The SMILES string of the molecule is COCCCOCCOC(=O)On1c(O)ccc1O. The predicted molar refractivity (Wildman–Crippen MR) is 63.0 cm³/mol. The molecule has 1 heterocycles. The van der Waals surface area contributed by atoms with E-state index in [-0.39, 0.29) is 13.2 Å². The van der Waals surface area contributed by atoms with Gasteiger partial charge >= 0.3 is 6.16 Å². The van der Waals surface area contributed by atoms with Crippen molar-refractivity contribution in [1.82, 2.24) is 4.73 Å². The van der Waals surface area contributed by atoms with Crippen molar-refractivity contribution >= 4 is 6.16 Å². The minimum absolute atomic E-state index is 0.00854. The molecule has 2 N–H and O–H groups in total. The van der Waals surface area contributed by atoms with Gasteiger partial charge in [0.25, 0.3) is 0 Å². The summed E-state index contributed by atoms with van der Waals surface area (Å²) in [6, 6.07) is 2.34. The van der Waals surface area contributed by atoms with Crippen LogP contribution in [0.1, 0.15) is 6.42 Å². The summed E-state index contributed by atoms with van der Waals surface area (Å²) in [4.78, 5) is 15.7. The van der Waals surface area contributed by atoms with Crippen molar-refractivity contribution in [2.75, 3.05) is 33.5 Å². The second-order valence-corrected chi connectivity index (χ2v) is 3.49. The Kier molecular flexibility index (Phi) is 6.55. The molecule has 19 heavy (non-hydrogen) atoms. The molecular weight excluding hydrogens is 258 g/mol. The van der Waals surface area contributed by atoms with Gasteiger partial charge in [0.15, 0.2) is 0 Å². The van der Waals surface area contributed by atoms with Crippen LogP contribution >= 0.6 is 0 Å². The summed E-state index contributed by atoms with van der Waals surface area (Å²) >= 11 is 0. The number of nitrogens with zero attached hydrogens (tertiary/aromatic N) is 1. The molecule has 0 amide bonds. The number of rotatable bonds is 8. The third kappa shape index (κ3) is 5.49. The summed E-state index contributed by atoms with van der Waals surface area (Å²) in [6.07, 6.45) is -0.297. The van der Waals surface area contributed by atoms with Crippen molar-refractivity contribution in [2.24, 2.45) is 0 Å². The Hall–Kier alpha value is -1.93. The minimum atomic E-state index is -1.05. The zero-order valence-electron chi connectivity index (χ0n) is 10.6. The van der Waals surface area contributed by atoms with E-state index in [1.807, 2.05) is 0 Å². The van der Waals surface area contributed by atoms with Crippen molar-refractivity contribution in [3.05, 3.63) is 12.1 Å². The molecule has 0 spiro atoms. The van der Waals surface area contributed by atoms with Gasteiger partial charge in [-0.25, -0.2) is 4.79 Å². The van der Waals surface area contributed by atoms with E-state index in [0.29, 0.717) is 17.9 Å². The van der Waals surface area contributed by atoms with Crippen molar-refractivity contribution < 1.29 is 34.1 Å². The number of carbonyl (C=O) groups is 1. The zero-order valence-corrected chi connectivity index (χ0v) is 10.6. The molecule has 1 aromatic rings. The van der Waals surface area contributed by atoms with Crippen LogP contribution in [0, 0.1) is 0 Å². The van der Waals surface area contributed by atoms with Gasteiger partial charge in [0.1, 0.15) is 6.61 Å². The summed E-state index contributed by atoms with van der Waals surface area (Å²) in [7, 11) is 1.60. The van der Waals surface area contributed by atoms with Crippen molar-refractivity contribution in [3.63, 3.8) is 0 Å². The standard InChI is InChI=1S/C11H17NO7/c1-16-5-2-6-17-7-8-18-11(15)19-12-9(13)3-4-10(12)14/h3-4,13-14H,2,5-8H2,1H3. The van der Waals surface area contributed by atoms with Gasteiger partial charge in [-0.15, -0.1) is 4.73 Å². The maximum absolute atomic E-state index is 11.2. The van der Waals surface area contributed by atoms with Gasteiger partial charge in [0, 0.05) is 32.5 Å². The molecule has 1 aromatic heterocycles. The molecule has 0 aromatic carbocycles. The maximum Gasteiger partial charge on any atom is 0.534 e. The molecule has 0 unspecified atom stereocenters. The highest BCUT2D eigenvalue weighted by Gasteiger charge is 2.12. The fourth-order valence-electron chi connectivity index (χ4n) is 1.19. The fourth-order valence-corrected chi connectivity index (χ4v) is 1.19. The number of methoxy groups -OCH3 is 1. The highest BCUT2D eigenvalue weighted by atomic mass is 16.8. The van der Waals surface area contributed by atoms with Crippen LogP contribution in [0.4, 0.5) is 4.79 Å². The molecule has 8 heteroatoms. The number of aromatic nitrogens is 1. The molecule has 0 saturated heterocycles. The lowest BCUT2D eigenvalue weighted by Crippen LogP contribution is -2.22. The number of carbonyl (C=O) groups excluding carboxylic acids is 1. The van der Waals surface area contributed by atoms with Gasteiger partial charge in [0.2, 0.25) is 11.8 Å². The fraction of sp³-hybridized carbons (Fsp3) is 0.545. The molecular formula is C11H17NO7. The molecule has 0 aliphatic rings. The lowest BCUT2D eigenvalue weighted by molar-refractivity contribution is 0.0127. The van der Waals surface area contributed by atoms with Crippen LogP contribution in [0.3, 0.4) is 0 Å². The van der Waals surface area contributed by atoms with Crippen LogP contribution in [-0.4, -0.2) is 54.6 Å². The Bertz CT molecular complexity index is 371. The average Bonchev–Trinajstić information content (AvgIpc) is 2.69. The number of aromatic hydroxyl groups is 2. The van der Waals surface area contributed by atoms with Gasteiger partial charge in [0.05, 0.1) is 6.61 Å². The number of hydrogen-bond donors (Lipinski definition) is 2. The lowest BCUT2D eigenvalue weighted by Gasteiger charge is -2.08. The van der Waals surface area contributed by atoms with Crippen LogP contribution in [0.25, 0.3) is 0 Å². The van der Waals surface area contributed by atoms with E-state index in [4.69, 9.17) is 9.47 Å². The molecule has 0 aliphatic heterocycles. The highest BCUT2D eigenvalue weighted by molar-refractivity contribution is 5.60. The van der Waals surface area contributed by atoms with Crippen LogP contribution in [0.5, 0.6) is 11.8 Å². The number of ether oxygens (including phenoxy) is 3. The van der Waals surface area contributed by atoms with Crippen LogP contribution < -0.4 is 4.84 Å². The monoisotopic (exact) mass is 275 g/mol. The van der Waals surface area contributed by atoms with E-state index in [1.54, 1.807) is 7.11 Å². The second-order valence-electron chi connectivity index (χ2n) is 3.49. The summed E-state index contributed by atoms with van der Waals surface area (Å²) < 4.78 is 15.2. The van der Waals surface area contributed by atoms with Gasteiger partial charge in [-0.3, -0.25) is 4.84 Å². The van der Waals surface area contributed by atoms with E-state index in [2.05, 4.69) is 9.57 Å². The van der Waals surface area contributed by atoms with E-state index < -0.39 is 17.9 Å². The summed E-state index contributed by atoms with van der Waals surface area (Å²) in [6.45, 7) is 1.34. The highest BCUT2D eigenvalue weighted by Crippen LogP contribution is 2.18. The normalized spacial score (nSPS) is 10.4. The minimum Gasteiger partial charge on any atom is -0.492 e. The van der Waals surface area contributed by atoms with Gasteiger partial charge in [-0.2, -0.15) is 0 Å². The summed E-state index contributed by atoms with van der Waals surface area (Å²) in [5.74, 6) is -0.824. The molecule has 0 saturated carbocycles. The molecule has 108 valence electrons. The van der Waals surface area contributed by atoms with Gasteiger partial charge < -0.3 is 24.4 Å². The van der Waals surface area contributed by atoms with Crippen molar-refractivity contribution in [1.29, 1.82) is 0 Å². The summed E-state index contributed by atoms with van der Waals surface area (Å²) in [5.41, 5.74) is 0. The smallest absolute Gasteiger partial charge is 0.492 e. The molecule has 0 radical (unpaired) electrons. The Morgan fingerprint density at radius 3 is 2.47 bits per heavy atom. The largest absolute Gasteiger partial charge is 0.534 e. The first kappa shape index (κ1) is 15.1. The molecule has 0 bridgehead atoms. The van der Waals surface area contributed by atoms with Crippen molar-refractivity contribution in [3.8, 4) is 11.8 Å². The third-order valence-corrected chi connectivity index (χ3v) is 2.05. The first-order valence-corrected chi connectivity index (χ1v) is 5.66. The molecule has 8 nitrogen and oxygen atoms in total. The topological polar surface area (TPSA) is 99.4 Å². The van der Waals surface area contributed by atoms with Crippen LogP contribution in [0.2, 0.25) is 0 Å². The van der Waals surface area contributed by atoms with Crippen LogP contribution in [0.15, 0.2) is 12.1 Å². The number of hydrogen-bond acceptors (Lipinski definition) is 7. The van der Waals surface area contributed by atoms with Gasteiger partial charge in [-0.05, 0) is 6.42 Å². The van der Waals surface area contributed by atoms with E-state index >= 15 is 0 Å². The van der Waals surface area contributed by atoms with E-state index in [9.17, 15) is 15.0 Å². The third-order valence-electron chi connectivity index (χ3n) is 2.05. The first-order chi connectivity index (χ1) is 9.15. The zero-order chi connectivity index (χ0) is 14.1. The summed E-state index contributed by atoms with van der Waals surface area (Å²) in [5, 5.41) is 18.4. The molecule has 1 rings (SSSR count). The predicted octanol–water partition coefficient (Wildman–Crippen LogP) is 0.518. The Labute approximate surface area is 110 Å². The van der Waals surface area contributed by atoms with E-state index in [1.165, 1.54) is 12.1 Å². The average molecular weight is 275 g/mol. The molecule has 0 atom stereocenters. The Morgan fingerprint density at radius 2 is 1.84 bits per heavy atom. The molecule has 0 fully saturated rings. The second kappa shape index (κ2) is 8.22. The quantitative estimate of drug-likeness (QED) is 0.527. The molecule has 0 aliphatic carbocycles. The first-order valence-electron chi connectivity index (χ1n) is 5.66. The Morgan fingerprint density at radius 1 is 1.16 bits per heavy atom. The van der Waals surface area contributed by atoms with Crippen LogP contribution in [-0.2, 0) is 14.2 Å².